The normalized spacial score (nSPS) is 30.6. The number of benzene rings is 4. The van der Waals surface area contributed by atoms with E-state index in [2.05, 4.69) is 5.32 Å². The highest BCUT2D eigenvalue weighted by Crippen LogP contribution is 2.36. The van der Waals surface area contributed by atoms with E-state index in [-0.39, 0.29) is 38.9 Å². The molecule has 0 radical (unpaired) electrons. The van der Waals surface area contributed by atoms with Crippen LogP contribution < -0.4 is 5.32 Å². The number of hydrogen-bond donors (Lipinski definition) is 2. The largest absolute Gasteiger partial charge is 0.388 e. The maximum atomic E-state index is 12.5. The fourth-order valence-corrected chi connectivity index (χ4v) is 7.16. The average Bonchev–Trinajstić information content (AvgIpc) is 3.23. The number of nitrogens with one attached hydrogen (secondary N) is 1. The van der Waals surface area contributed by atoms with Crippen molar-refractivity contribution in [2.45, 2.75) is 94.4 Å². The van der Waals surface area contributed by atoms with Crippen molar-refractivity contribution in [3.05, 3.63) is 144 Å². The molecule has 4 aromatic rings. The molecule has 0 saturated carbocycles. The summed E-state index contributed by atoms with van der Waals surface area (Å²) < 4.78 is 57.5. The lowest BCUT2D eigenvalue weighted by Gasteiger charge is -2.49. The maximum absolute atomic E-state index is 12.5. The number of fused-ring (bicyclic) bond motifs is 1. The molecule has 0 aromatic heterocycles. The predicted octanol–water partition coefficient (Wildman–Crippen LogP) is 4.84. The number of carbonyl (C=O) groups is 1. The van der Waals surface area contributed by atoms with Gasteiger partial charge in [0.15, 0.2) is 18.9 Å². The van der Waals surface area contributed by atoms with E-state index in [1.807, 2.05) is 121 Å². The highest BCUT2D eigenvalue weighted by molar-refractivity contribution is 5.73. The summed E-state index contributed by atoms with van der Waals surface area (Å²) in [5, 5.41) is 14.5. The highest BCUT2D eigenvalue weighted by atomic mass is 16.8. The van der Waals surface area contributed by atoms with Gasteiger partial charge in [-0.1, -0.05) is 121 Å². The first-order chi connectivity index (χ1) is 27.0. The van der Waals surface area contributed by atoms with Crippen LogP contribution in [0.2, 0.25) is 0 Å². The molecule has 0 bridgehead atoms. The van der Waals surface area contributed by atoms with Crippen molar-refractivity contribution < 1.29 is 52.5 Å². The first kappa shape index (κ1) is 39.2. The number of methoxy groups -OCH3 is 1. The third-order valence-corrected chi connectivity index (χ3v) is 9.91. The van der Waals surface area contributed by atoms with Gasteiger partial charge >= 0.3 is 0 Å². The summed E-state index contributed by atoms with van der Waals surface area (Å²) in [4.78, 5) is 12.5. The SMILES string of the molecule is CO[C@H]1O[C@H](CO[C@@H]2O[C@@H]3CO[C@@H](c4ccccc4)O[C@H]3[C@H](O)[C@@H]2NC(C)=O)[C@@H](OCc2ccccc2)[C@H](OCc2ccccc2)[C@H]1OCc1ccccc1. The van der Waals surface area contributed by atoms with Crippen LogP contribution in [-0.4, -0.2) is 92.7 Å². The smallest absolute Gasteiger partial charge is 0.217 e. The molecule has 1 amide bonds. The molecule has 3 aliphatic heterocycles. The Kier molecular flexibility index (Phi) is 13.7. The number of ether oxygens (including phenoxy) is 9. The molecular formula is C43H49NO11. The molecule has 4 aromatic carbocycles. The standard InChI is InChI=1S/C43H49NO11/c1-28(45)44-35-36(46)37-33(26-51-41(55-37)32-21-13-6-14-22-32)53-42(35)52-27-34-38(48-23-29-15-7-3-8-16-29)39(49-24-30-17-9-4-10-18-30)40(43(47-2)54-34)50-25-31-19-11-5-12-20-31/h3-22,33-43,46H,23-27H2,1-2H3,(H,44,45)/t33-,34-,35+,36-,37-,38-,39+,40-,41-,42-,43+/m1/s1. The number of aliphatic hydroxyl groups excluding tert-OH is 1. The van der Waals surface area contributed by atoms with E-state index >= 15 is 0 Å². The molecule has 0 unspecified atom stereocenters. The molecule has 3 heterocycles. The van der Waals surface area contributed by atoms with Crippen LogP contribution in [0, 0.1) is 0 Å². The fraction of sp³-hybridized carbons (Fsp3) is 0.419. The van der Waals surface area contributed by atoms with Gasteiger partial charge in [0.2, 0.25) is 5.91 Å². The van der Waals surface area contributed by atoms with Gasteiger partial charge < -0.3 is 53.1 Å². The number of amides is 1. The Labute approximate surface area is 321 Å². The zero-order valence-electron chi connectivity index (χ0n) is 31.0. The Balaban J connectivity index is 1.13. The van der Waals surface area contributed by atoms with E-state index < -0.39 is 67.6 Å². The molecule has 0 aliphatic carbocycles. The van der Waals surface area contributed by atoms with Crippen LogP contribution in [0.5, 0.6) is 0 Å². The molecule has 3 fully saturated rings. The van der Waals surface area contributed by atoms with Crippen molar-refractivity contribution in [3.63, 3.8) is 0 Å². The summed E-state index contributed by atoms with van der Waals surface area (Å²) in [6, 6.07) is 38.0. The fourth-order valence-electron chi connectivity index (χ4n) is 7.16. The van der Waals surface area contributed by atoms with Gasteiger partial charge in [-0.2, -0.15) is 0 Å². The van der Waals surface area contributed by atoms with Gasteiger partial charge in [0.05, 0.1) is 33.0 Å². The molecule has 55 heavy (non-hydrogen) atoms. The molecule has 7 rings (SSSR count). The molecule has 12 heteroatoms. The summed E-state index contributed by atoms with van der Waals surface area (Å²) in [5.41, 5.74) is 3.72. The van der Waals surface area contributed by atoms with Gasteiger partial charge in [0, 0.05) is 19.6 Å². The van der Waals surface area contributed by atoms with Crippen LogP contribution in [0.1, 0.15) is 35.5 Å². The van der Waals surface area contributed by atoms with E-state index in [1.165, 1.54) is 6.92 Å². The summed E-state index contributed by atoms with van der Waals surface area (Å²) in [6.07, 6.45) is -8.15. The van der Waals surface area contributed by atoms with Crippen LogP contribution in [-0.2, 0) is 67.2 Å². The number of hydrogen-bond acceptors (Lipinski definition) is 11. The minimum absolute atomic E-state index is 0.0743. The zero-order valence-corrected chi connectivity index (χ0v) is 31.0. The van der Waals surface area contributed by atoms with Crippen molar-refractivity contribution in [3.8, 4) is 0 Å². The summed E-state index contributed by atoms with van der Waals surface area (Å²) in [6.45, 7) is 2.26. The minimum atomic E-state index is -1.18. The zero-order chi connectivity index (χ0) is 38.0. The third-order valence-electron chi connectivity index (χ3n) is 9.91. The quantitative estimate of drug-likeness (QED) is 0.173. The molecule has 3 saturated heterocycles. The first-order valence-electron chi connectivity index (χ1n) is 18.7. The topological polar surface area (TPSA) is 132 Å². The molecular weight excluding hydrogens is 706 g/mol. The lowest BCUT2D eigenvalue weighted by atomic mass is 9.95. The van der Waals surface area contributed by atoms with Crippen LogP contribution in [0.4, 0.5) is 0 Å². The third kappa shape index (κ3) is 10.0. The second kappa shape index (κ2) is 19.2. The van der Waals surface area contributed by atoms with E-state index in [0.717, 1.165) is 22.3 Å². The van der Waals surface area contributed by atoms with Gasteiger partial charge in [0.25, 0.3) is 0 Å². The molecule has 3 aliphatic rings. The van der Waals surface area contributed by atoms with Gasteiger partial charge in [0.1, 0.15) is 48.8 Å². The second-order valence-electron chi connectivity index (χ2n) is 13.8. The van der Waals surface area contributed by atoms with Crippen molar-refractivity contribution in [1.82, 2.24) is 5.32 Å². The Hall–Kier alpha value is -4.05. The second-order valence-corrected chi connectivity index (χ2v) is 13.8. The first-order valence-corrected chi connectivity index (χ1v) is 18.7. The van der Waals surface area contributed by atoms with Crippen LogP contribution >= 0.6 is 0 Å². The highest BCUT2D eigenvalue weighted by Gasteiger charge is 2.52. The van der Waals surface area contributed by atoms with E-state index in [1.54, 1.807) is 7.11 Å². The molecule has 292 valence electrons. The Morgan fingerprint density at radius 2 is 1.20 bits per heavy atom. The average molecular weight is 756 g/mol. The molecule has 2 N–H and O–H groups in total. The Bertz CT molecular complexity index is 1740. The maximum Gasteiger partial charge on any atom is 0.217 e. The number of rotatable bonds is 15. The van der Waals surface area contributed by atoms with Crippen molar-refractivity contribution in [2.75, 3.05) is 20.3 Å². The summed E-state index contributed by atoms with van der Waals surface area (Å²) in [5.74, 6) is -0.364. The van der Waals surface area contributed by atoms with Crippen LogP contribution in [0.15, 0.2) is 121 Å². The Morgan fingerprint density at radius 1 is 0.673 bits per heavy atom. The lowest BCUT2D eigenvalue weighted by Crippen LogP contribution is -2.67. The molecule has 12 nitrogen and oxygen atoms in total. The van der Waals surface area contributed by atoms with Gasteiger partial charge in [-0.05, 0) is 16.7 Å². The van der Waals surface area contributed by atoms with Gasteiger partial charge in [-0.3, -0.25) is 4.79 Å². The summed E-state index contributed by atoms with van der Waals surface area (Å²) in [7, 11) is 1.56. The van der Waals surface area contributed by atoms with Crippen LogP contribution in [0.3, 0.4) is 0 Å². The monoisotopic (exact) mass is 755 g/mol. The van der Waals surface area contributed by atoms with E-state index in [9.17, 15) is 9.90 Å². The van der Waals surface area contributed by atoms with Crippen molar-refractivity contribution in [1.29, 1.82) is 0 Å². The summed E-state index contributed by atoms with van der Waals surface area (Å²) >= 11 is 0. The van der Waals surface area contributed by atoms with E-state index in [4.69, 9.17) is 42.6 Å². The van der Waals surface area contributed by atoms with Gasteiger partial charge in [-0.25, -0.2) is 0 Å². The van der Waals surface area contributed by atoms with Crippen LogP contribution in [0.25, 0.3) is 0 Å². The minimum Gasteiger partial charge on any atom is -0.388 e. The molecule has 0 spiro atoms. The molecule has 11 atom stereocenters. The van der Waals surface area contributed by atoms with E-state index in [0.29, 0.717) is 0 Å². The predicted molar refractivity (Wildman–Crippen MR) is 199 cm³/mol. The lowest BCUT2D eigenvalue weighted by molar-refractivity contribution is -0.356. The van der Waals surface area contributed by atoms with Gasteiger partial charge in [-0.15, -0.1) is 0 Å². The Morgan fingerprint density at radius 3 is 1.75 bits per heavy atom. The number of carbonyl (C=O) groups excluding carboxylic acids is 1. The van der Waals surface area contributed by atoms with Crippen molar-refractivity contribution in [2.24, 2.45) is 0 Å². The van der Waals surface area contributed by atoms with Crippen molar-refractivity contribution >= 4 is 5.91 Å². The number of aliphatic hydroxyl groups is 1.